The summed E-state index contributed by atoms with van der Waals surface area (Å²) >= 11 is 0. The second-order valence-electron chi connectivity index (χ2n) is 6.15. The van der Waals surface area contributed by atoms with Gasteiger partial charge in [-0.15, -0.1) is 6.58 Å². The Morgan fingerprint density at radius 1 is 1.18 bits per heavy atom. The normalized spacial score (nSPS) is 10.9. The molecule has 0 atom stereocenters. The van der Waals surface area contributed by atoms with Crippen molar-refractivity contribution < 1.29 is 9.53 Å². The summed E-state index contributed by atoms with van der Waals surface area (Å²) in [6, 6.07) is 14.9. The van der Waals surface area contributed by atoms with Crippen LogP contribution in [0.4, 0.5) is 5.82 Å². The summed E-state index contributed by atoms with van der Waals surface area (Å²) in [5.74, 6) is 0.524. The van der Waals surface area contributed by atoms with Gasteiger partial charge in [0.25, 0.3) is 5.91 Å². The molecule has 0 saturated carbocycles. The number of nitrogens with zero attached hydrogens (tertiary/aromatic N) is 3. The minimum Gasteiger partial charge on any atom is -0.495 e. The average Bonchev–Trinajstić information content (AvgIpc) is 3.00. The Labute approximate surface area is 161 Å². The second kappa shape index (κ2) is 7.03. The molecule has 0 spiro atoms. The first-order valence-electron chi connectivity index (χ1n) is 8.75. The van der Waals surface area contributed by atoms with Crippen LogP contribution in [0.3, 0.4) is 0 Å². The Hall–Kier alpha value is -3.87. The SMILES string of the molecule is C=CCNC(=O)c1c(N)n(-c2ccccc2OC)c2nc3ccccc3nc12. The Morgan fingerprint density at radius 2 is 1.86 bits per heavy atom. The lowest BCUT2D eigenvalue weighted by atomic mass is 10.2. The van der Waals surface area contributed by atoms with E-state index < -0.39 is 0 Å². The fourth-order valence-corrected chi connectivity index (χ4v) is 3.20. The fourth-order valence-electron chi connectivity index (χ4n) is 3.20. The number of amides is 1. The van der Waals surface area contributed by atoms with Crippen molar-refractivity contribution in [2.45, 2.75) is 0 Å². The first kappa shape index (κ1) is 17.5. The number of benzene rings is 2. The average molecular weight is 373 g/mol. The maximum Gasteiger partial charge on any atom is 0.257 e. The fraction of sp³-hybridized carbons (Fsp3) is 0.0952. The molecule has 7 heteroatoms. The van der Waals surface area contributed by atoms with Crippen molar-refractivity contribution in [3.05, 3.63) is 66.7 Å². The van der Waals surface area contributed by atoms with Crippen LogP contribution in [0.5, 0.6) is 5.75 Å². The lowest BCUT2D eigenvalue weighted by Gasteiger charge is -2.12. The van der Waals surface area contributed by atoms with Crippen molar-refractivity contribution in [2.24, 2.45) is 0 Å². The Kier molecular flexibility index (Phi) is 4.41. The van der Waals surface area contributed by atoms with Crippen molar-refractivity contribution in [1.29, 1.82) is 0 Å². The van der Waals surface area contributed by atoms with Crippen LogP contribution < -0.4 is 15.8 Å². The molecule has 3 N–H and O–H groups in total. The molecule has 7 nitrogen and oxygen atoms in total. The summed E-state index contributed by atoms with van der Waals surface area (Å²) < 4.78 is 7.19. The van der Waals surface area contributed by atoms with Crippen LogP contribution in [-0.2, 0) is 0 Å². The summed E-state index contributed by atoms with van der Waals surface area (Å²) in [6.45, 7) is 3.95. The van der Waals surface area contributed by atoms with E-state index in [-0.39, 0.29) is 17.3 Å². The maximum atomic E-state index is 12.8. The van der Waals surface area contributed by atoms with Crippen molar-refractivity contribution in [3.63, 3.8) is 0 Å². The van der Waals surface area contributed by atoms with E-state index in [4.69, 9.17) is 15.5 Å². The molecule has 2 aromatic heterocycles. The number of carbonyl (C=O) groups excluding carboxylic acids is 1. The highest BCUT2D eigenvalue weighted by molar-refractivity contribution is 6.11. The summed E-state index contributed by atoms with van der Waals surface area (Å²) in [7, 11) is 1.58. The van der Waals surface area contributed by atoms with Gasteiger partial charge in [-0.2, -0.15) is 0 Å². The van der Waals surface area contributed by atoms with E-state index in [0.717, 1.165) is 0 Å². The van der Waals surface area contributed by atoms with Crippen molar-refractivity contribution in [2.75, 3.05) is 19.4 Å². The molecular weight excluding hydrogens is 354 g/mol. The number of aromatic nitrogens is 3. The molecule has 2 heterocycles. The zero-order valence-corrected chi connectivity index (χ0v) is 15.3. The number of nitrogens with two attached hydrogens (primary N) is 1. The molecule has 0 bridgehead atoms. The molecule has 0 aliphatic heterocycles. The third-order valence-electron chi connectivity index (χ3n) is 4.46. The predicted molar refractivity (Wildman–Crippen MR) is 110 cm³/mol. The summed E-state index contributed by atoms with van der Waals surface area (Å²) in [6.07, 6.45) is 1.61. The Balaban J connectivity index is 2.09. The van der Waals surface area contributed by atoms with Gasteiger partial charge in [-0.1, -0.05) is 30.3 Å². The number of fused-ring (bicyclic) bond motifs is 2. The monoisotopic (exact) mass is 373 g/mol. The molecule has 1 amide bonds. The van der Waals surface area contributed by atoms with Gasteiger partial charge in [0.2, 0.25) is 0 Å². The van der Waals surface area contributed by atoms with Gasteiger partial charge in [0.15, 0.2) is 5.65 Å². The topological polar surface area (TPSA) is 95.1 Å². The van der Waals surface area contributed by atoms with Crippen LogP contribution in [0.1, 0.15) is 10.4 Å². The van der Waals surface area contributed by atoms with Crippen LogP contribution in [0, 0.1) is 0 Å². The Morgan fingerprint density at radius 3 is 2.57 bits per heavy atom. The lowest BCUT2D eigenvalue weighted by molar-refractivity contribution is 0.0960. The van der Waals surface area contributed by atoms with E-state index in [2.05, 4.69) is 16.9 Å². The molecular formula is C21H19N5O2. The molecule has 4 aromatic rings. The molecule has 0 aliphatic rings. The van der Waals surface area contributed by atoms with E-state index in [1.807, 2.05) is 48.5 Å². The summed E-state index contributed by atoms with van der Waals surface area (Å²) in [5, 5.41) is 2.77. The molecule has 0 aliphatic carbocycles. The molecule has 0 fully saturated rings. The van der Waals surface area contributed by atoms with Crippen molar-refractivity contribution in [3.8, 4) is 11.4 Å². The van der Waals surface area contributed by atoms with E-state index >= 15 is 0 Å². The van der Waals surface area contributed by atoms with Crippen LogP contribution in [0.25, 0.3) is 27.9 Å². The van der Waals surface area contributed by atoms with Crippen LogP contribution in [0.2, 0.25) is 0 Å². The predicted octanol–water partition coefficient (Wildman–Crippen LogP) is 3.08. The van der Waals surface area contributed by atoms with Gasteiger partial charge in [-0.3, -0.25) is 9.36 Å². The van der Waals surface area contributed by atoms with Crippen LogP contribution >= 0.6 is 0 Å². The first-order chi connectivity index (χ1) is 13.7. The van der Waals surface area contributed by atoms with Crippen molar-refractivity contribution in [1.82, 2.24) is 19.9 Å². The lowest BCUT2D eigenvalue weighted by Crippen LogP contribution is -2.24. The van der Waals surface area contributed by atoms with Gasteiger partial charge in [0.1, 0.15) is 22.6 Å². The molecule has 140 valence electrons. The number of carbonyl (C=O) groups is 1. The number of ether oxygens (including phenoxy) is 1. The highest BCUT2D eigenvalue weighted by Gasteiger charge is 2.25. The molecule has 2 aromatic carbocycles. The van der Waals surface area contributed by atoms with Gasteiger partial charge in [0.05, 0.1) is 23.8 Å². The highest BCUT2D eigenvalue weighted by Crippen LogP contribution is 2.34. The number of para-hydroxylation sites is 4. The maximum absolute atomic E-state index is 12.8. The number of nitrogens with one attached hydrogen (secondary N) is 1. The third-order valence-corrected chi connectivity index (χ3v) is 4.46. The van der Waals surface area contributed by atoms with Crippen molar-refractivity contribution >= 4 is 33.9 Å². The number of hydrogen-bond donors (Lipinski definition) is 2. The van der Waals surface area contributed by atoms with E-state index in [1.54, 1.807) is 17.8 Å². The minimum atomic E-state index is -0.333. The molecule has 28 heavy (non-hydrogen) atoms. The third kappa shape index (κ3) is 2.73. The van der Waals surface area contributed by atoms with Gasteiger partial charge >= 0.3 is 0 Å². The molecule has 0 radical (unpaired) electrons. The van der Waals surface area contributed by atoms with Crippen LogP contribution in [0.15, 0.2) is 61.2 Å². The quantitative estimate of drug-likeness (QED) is 0.524. The van der Waals surface area contributed by atoms with Gasteiger partial charge in [-0.25, -0.2) is 9.97 Å². The zero-order chi connectivity index (χ0) is 19.7. The number of anilines is 1. The largest absolute Gasteiger partial charge is 0.495 e. The zero-order valence-electron chi connectivity index (χ0n) is 15.3. The smallest absolute Gasteiger partial charge is 0.257 e. The Bertz CT molecular complexity index is 1210. The van der Waals surface area contributed by atoms with E-state index in [1.165, 1.54) is 0 Å². The first-order valence-corrected chi connectivity index (χ1v) is 8.75. The van der Waals surface area contributed by atoms with Gasteiger partial charge < -0.3 is 15.8 Å². The molecule has 0 saturated heterocycles. The number of methoxy groups -OCH3 is 1. The van der Waals surface area contributed by atoms with Gasteiger partial charge in [0, 0.05) is 6.54 Å². The minimum absolute atomic E-state index is 0.247. The van der Waals surface area contributed by atoms with Gasteiger partial charge in [-0.05, 0) is 24.3 Å². The summed E-state index contributed by atoms with van der Waals surface area (Å²) in [4.78, 5) is 22.2. The van der Waals surface area contributed by atoms with Crippen LogP contribution in [-0.4, -0.2) is 34.1 Å². The number of nitrogen functional groups attached to an aromatic ring is 1. The summed E-state index contributed by atoms with van der Waals surface area (Å²) in [5.41, 5.74) is 9.73. The molecule has 4 rings (SSSR count). The van der Waals surface area contributed by atoms with E-state index in [0.29, 0.717) is 40.2 Å². The number of rotatable bonds is 5. The second-order valence-corrected chi connectivity index (χ2v) is 6.15. The standard InChI is InChI=1S/C21H19N5O2/c1-3-12-23-21(27)17-18-20(25-14-9-5-4-8-13(14)24-18)26(19(17)22)15-10-6-7-11-16(15)28-2/h3-11H,1,12,22H2,2H3,(H,23,27). The molecule has 0 unspecified atom stereocenters. The number of hydrogen-bond acceptors (Lipinski definition) is 5. The van der Waals surface area contributed by atoms with E-state index in [9.17, 15) is 4.79 Å². The highest BCUT2D eigenvalue weighted by atomic mass is 16.5.